The first-order chi connectivity index (χ1) is 13.1. The van der Waals surface area contributed by atoms with Gasteiger partial charge in [0, 0.05) is 26.3 Å². The molecular weight excluding hydrogens is 338 g/mol. The molecule has 140 valence electrons. The quantitative estimate of drug-likeness (QED) is 0.714. The van der Waals surface area contributed by atoms with Crippen molar-refractivity contribution in [1.82, 2.24) is 24.9 Å². The van der Waals surface area contributed by atoms with Crippen molar-refractivity contribution in [3.8, 4) is 0 Å². The Kier molecular flexibility index (Phi) is 4.88. The SMILES string of the molecule is Cc1ccccc1CC[C@@H]1CCCN(C(=O)c2cnc3c(c2)nnn3C)C1. The molecule has 0 aliphatic carbocycles. The number of hydrogen-bond acceptors (Lipinski definition) is 4. The molecule has 1 atom stereocenters. The standard InChI is InChI=1S/C21H25N5O/c1-15-6-3-4-8-17(15)10-9-16-7-5-11-26(14-16)21(27)18-12-19-20(22-13-18)25(2)24-23-19/h3-4,6,8,12-13,16H,5,7,9-11,14H2,1-2H3/t16-/m0/s1. The summed E-state index contributed by atoms with van der Waals surface area (Å²) in [5.41, 5.74) is 4.73. The van der Waals surface area contributed by atoms with Crippen LogP contribution in [-0.4, -0.2) is 43.9 Å². The fourth-order valence-electron chi connectivity index (χ4n) is 3.96. The zero-order valence-corrected chi connectivity index (χ0v) is 15.9. The highest BCUT2D eigenvalue weighted by atomic mass is 16.2. The van der Waals surface area contributed by atoms with Crippen molar-refractivity contribution in [2.45, 2.75) is 32.6 Å². The third-order valence-electron chi connectivity index (χ3n) is 5.58. The molecular formula is C21H25N5O. The Morgan fingerprint density at radius 2 is 2.15 bits per heavy atom. The van der Waals surface area contributed by atoms with Crippen LogP contribution in [0.3, 0.4) is 0 Å². The number of aryl methyl sites for hydroxylation is 3. The van der Waals surface area contributed by atoms with Gasteiger partial charge in [-0.05, 0) is 55.7 Å². The molecule has 6 nitrogen and oxygen atoms in total. The summed E-state index contributed by atoms with van der Waals surface area (Å²) in [6.45, 7) is 3.81. The van der Waals surface area contributed by atoms with E-state index < -0.39 is 0 Å². The lowest BCUT2D eigenvalue weighted by atomic mass is 9.90. The summed E-state index contributed by atoms with van der Waals surface area (Å²) < 4.78 is 1.62. The van der Waals surface area contributed by atoms with E-state index in [1.165, 1.54) is 17.5 Å². The van der Waals surface area contributed by atoms with Gasteiger partial charge in [0.1, 0.15) is 5.52 Å². The molecule has 1 amide bonds. The first-order valence-electron chi connectivity index (χ1n) is 9.61. The number of fused-ring (bicyclic) bond motifs is 1. The third-order valence-corrected chi connectivity index (χ3v) is 5.58. The summed E-state index contributed by atoms with van der Waals surface area (Å²) in [5.74, 6) is 0.603. The van der Waals surface area contributed by atoms with Crippen molar-refractivity contribution >= 4 is 17.1 Å². The molecule has 2 aromatic heterocycles. The van der Waals surface area contributed by atoms with Crippen molar-refractivity contribution < 1.29 is 4.79 Å². The summed E-state index contributed by atoms with van der Waals surface area (Å²) in [7, 11) is 1.80. The normalized spacial score (nSPS) is 17.4. The third kappa shape index (κ3) is 3.70. The zero-order valence-electron chi connectivity index (χ0n) is 15.9. The number of carbonyl (C=O) groups excluding carboxylic acids is 1. The van der Waals surface area contributed by atoms with Crippen LogP contribution in [0.15, 0.2) is 36.5 Å². The van der Waals surface area contributed by atoms with Crippen LogP contribution in [0.1, 0.15) is 40.7 Å². The molecule has 0 spiro atoms. The Hall–Kier alpha value is -2.76. The van der Waals surface area contributed by atoms with Crippen LogP contribution in [0.2, 0.25) is 0 Å². The van der Waals surface area contributed by atoms with Gasteiger partial charge < -0.3 is 4.90 Å². The molecule has 0 radical (unpaired) electrons. The number of rotatable bonds is 4. The molecule has 0 N–H and O–H groups in total. The Labute approximate surface area is 159 Å². The van der Waals surface area contributed by atoms with Crippen LogP contribution in [0.5, 0.6) is 0 Å². The summed E-state index contributed by atoms with van der Waals surface area (Å²) in [5, 5.41) is 8.03. The minimum absolute atomic E-state index is 0.0515. The number of likely N-dealkylation sites (tertiary alicyclic amines) is 1. The van der Waals surface area contributed by atoms with Gasteiger partial charge in [0.15, 0.2) is 5.65 Å². The summed E-state index contributed by atoms with van der Waals surface area (Å²) in [4.78, 5) is 19.3. The molecule has 0 saturated carbocycles. The van der Waals surface area contributed by atoms with Crippen molar-refractivity contribution in [2.75, 3.05) is 13.1 Å². The summed E-state index contributed by atoms with van der Waals surface area (Å²) >= 11 is 0. The van der Waals surface area contributed by atoms with E-state index in [1.807, 2.05) is 4.90 Å². The molecule has 27 heavy (non-hydrogen) atoms. The van der Waals surface area contributed by atoms with Gasteiger partial charge in [0.25, 0.3) is 5.91 Å². The molecule has 1 saturated heterocycles. The molecule has 4 rings (SSSR count). The maximum atomic E-state index is 13.0. The maximum Gasteiger partial charge on any atom is 0.255 e. The van der Waals surface area contributed by atoms with Crippen LogP contribution in [0.4, 0.5) is 0 Å². The van der Waals surface area contributed by atoms with Crippen molar-refractivity contribution in [2.24, 2.45) is 13.0 Å². The van der Waals surface area contributed by atoms with Gasteiger partial charge in [-0.25, -0.2) is 9.67 Å². The monoisotopic (exact) mass is 363 g/mol. The second kappa shape index (κ2) is 7.47. The second-order valence-electron chi connectivity index (χ2n) is 7.50. The average Bonchev–Trinajstić information content (AvgIpc) is 3.07. The number of nitrogens with zero attached hydrogens (tertiary/aromatic N) is 5. The molecule has 0 bridgehead atoms. The smallest absolute Gasteiger partial charge is 0.255 e. The van der Waals surface area contributed by atoms with Crippen molar-refractivity contribution in [3.05, 3.63) is 53.2 Å². The van der Waals surface area contributed by atoms with E-state index in [0.717, 1.165) is 32.4 Å². The number of piperidine rings is 1. The van der Waals surface area contributed by atoms with Crippen LogP contribution in [0, 0.1) is 12.8 Å². The molecule has 3 aromatic rings. The van der Waals surface area contributed by atoms with E-state index in [4.69, 9.17) is 0 Å². The number of carbonyl (C=O) groups is 1. The number of benzene rings is 1. The number of aromatic nitrogens is 4. The van der Waals surface area contributed by atoms with Gasteiger partial charge >= 0.3 is 0 Å². The first-order valence-corrected chi connectivity index (χ1v) is 9.61. The fraction of sp³-hybridized carbons (Fsp3) is 0.429. The second-order valence-corrected chi connectivity index (χ2v) is 7.50. The van der Waals surface area contributed by atoms with E-state index in [9.17, 15) is 4.79 Å². The lowest BCUT2D eigenvalue weighted by molar-refractivity contribution is 0.0668. The van der Waals surface area contributed by atoms with Crippen molar-refractivity contribution in [1.29, 1.82) is 0 Å². The molecule has 1 fully saturated rings. The topological polar surface area (TPSA) is 63.9 Å². The molecule has 6 heteroatoms. The van der Waals surface area contributed by atoms with Crippen LogP contribution < -0.4 is 0 Å². The summed E-state index contributed by atoms with van der Waals surface area (Å²) in [6.07, 6.45) is 6.09. The van der Waals surface area contributed by atoms with Crippen molar-refractivity contribution in [3.63, 3.8) is 0 Å². The molecule has 1 aromatic carbocycles. The van der Waals surface area contributed by atoms with E-state index in [-0.39, 0.29) is 5.91 Å². The minimum Gasteiger partial charge on any atom is -0.338 e. The van der Waals surface area contributed by atoms with E-state index >= 15 is 0 Å². The Balaban J connectivity index is 1.42. The molecule has 3 heterocycles. The zero-order chi connectivity index (χ0) is 18.8. The summed E-state index contributed by atoms with van der Waals surface area (Å²) in [6, 6.07) is 10.4. The van der Waals surface area contributed by atoms with Gasteiger partial charge in [-0.15, -0.1) is 5.10 Å². The van der Waals surface area contributed by atoms with Crippen LogP contribution >= 0.6 is 0 Å². The average molecular weight is 363 g/mol. The van der Waals surface area contributed by atoms with E-state index in [2.05, 4.69) is 46.5 Å². The van der Waals surface area contributed by atoms with Gasteiger partial charge in [0.2, 0.25) is 0 Å². The highest BCUT2D eigenvalue weighted by Crippen LogP contribution is 2.24. The maximum absolute atomic E-state index is 13.0. The molecule has 0 unspecified atom stereocenters. The highest BCUT2D eigenvalue weighted by Gasteiger charge is 2.25. The van der Waals surface area contributed by atoms with E-state index in [0.29, 0.717) is 22.6 Å². The Morgan fingerprint density at radius 3 is 3.00 bits per heavy atom. The predicted molar refractivity (Wildman–Crippen MR) is 104 cm³/mol. The van der Waals surface area contributed by atoms with Gasteiger partial charge in [-0.3, -0.25) is 4.79 Å². The fourth-order valence-corrected chi connectivity index (χ4v) is 3.96. The number of pyridine rings is 1. The lowest BCUT2D eigenvalue weighted by Gasteiger charge is -2.33. The van der Waals surface area contributed by atoms with Crippen LogP contribution in [0.25, 0.3) is 11.2 Å². The minimum atomic E-state index is 0.0515. The van der Waals surface area contributed by atoms with Gasteiger partial charge in [-0.1, -0.05) is 29.5 Å². The predicted octanol–water partition coefficient (Wildman–Crippen LogP) is 3.16. The van der Waals surface area contributed by atoms with Crippen LogP contribution in [-0.2, 0) is 13.5 Å². The number of amides is 1. The lowest BCUT2D eigenvalue weighted by Crippen LogP contribution is -2.40. The molecule has 1 aliphatic rings. The van der Waals surface area contributed by atoms with E-state index in [1.54, 1.807) is 24.0 Å². The first kappa shape index (κ1) is 17.6. The largest absolute Gasteiger partial charge is 0.338 e. The Morgan fingerprint density at radius 1 is 1.30 bits per heavy atom. The number of hydrogen-bond donors (Lipinski definition) is 0. The van der Waals surface area contributed by atoms with Gasteiger partial charge in [-0.2, -0.15) is 0 Å². The molecule has 1 aliphatic heterocycles. The highest BCUT2D eigenvalue weighted by molar-refractivity contribution is 5.96. The Bertz CT molecular complexity index is 964. The van der Waals surface area contributed by atoms with Gasteiger partial charge in [0.05, 0.1) is 5.56 Å².